The number of piperidine rings is 1. The summed E-state index contributed by atoms with van der Waals surface area (Å²) in [5.41, 5.74) is 1.44. The van der Waals surface area contributed by atoms with Gasteiger partial charge in [0.25, 0.3) is 5.91 Å². The van der Waals surface area contributed by atoms with Gasteiger partial charge in [-0.25, -0.2) is 4.98 Å². The van der Waals surface area contributed by atoms with Gasteiger partial charge >= 0.3 is 0 Å². The lowest BCUT2D eigenvalue weighted by Crippen LogP contribution is -2.38. The van der Waals surface area contributed by atoms with Crippen LogP contribution < -0.4 is 0 Å². The van der Waals surface area contributed by atoms with Gasteiger partial charge < -0.3 is 4.90 Å². The molecule has 0 bridgehead atoms. The number of nitrogens with zero attached hydrogens (tertiary/aromatic N) is 2. The van der Waals surface area contributed by atoms with Crippen molar-refractivity contribution >= 4 is 28.6 Å². The molecular formula is C19H24N2OS2. The van der Waals surface area contributed by atoms with E-state index in [1.165, 1.54) is 41.1 Å². The average molecular weight is 361 g/mol. The van der Waals surface area contributed by atoms with E-state index in [4.69, 9.17) is 0 Å². The minimum atomic E-state index is 0.244. The van der Waals surface area contributed by atoms with Gasteiger partial charge in [0.2, 0.25) is 0 Å². The fourth-order valence-electron chi connectivity index (χ4n) is 3.90. The van der Waals surface area contributed by atoms with Crippen LogP contribution in [-0.4, -0.2) is 28.9 Å². The second-order valence-electron chi connectivity index (χ2n) is 6.93. The lowest BCUT2D eigenvalue weighted by atomic mass is 9.98. The molecule has 1 aliphatic carbocycles. The zero-order valence-electron chi connectivity index (χ0n) is 14.0. The summed E-state index contributed by atoms with van der Waals surface area (Å²) in [5, 5.41) is 3.22. The minimum absolute atomic E-state index is 0.244. The molecule has 1 amide bonds. The van der Waals surface area contributed by atoms with E-state index >= 15 is 0 Å². The smallest absolute Gasteiger partial charge is 0.263 e. The summed E-state index contributed by atoms with van der Waals surface area (Å²) in [6, 6.07) is 2.20. The lowest BCUT2D eigenvalue weighted by Gasteiger charge is -2.31. The molecule has 128 valence electrons. The van der Waals surface area contributed by atoms with Crippen molar-refractivity contribution in [2.45, 2.75) is 57.3 Å². The molecule has 5 heteroatoms. The van der Waals surface area contributed by atoms with Crippen molar-refractivity contribution in [3.05, 3.63) is 38.0 Å². The fraction of sp³-hybridized carbons (Fsp3) is 0.579. The van der Waals surface area contributed by atoms with Crippen LogP contribution in [0.15, 0.2) is 17.6 Å². The molecule has 3 nitrogen and oxygen atoms in total. The third kappa shape index (κ3) is 3.42. The standard InChI is InChI=1S/C19H24N2OS2/c22-19(17-12-14-6-3-1-2-4-8-16(14)24-17)21-10-5-7-15(13-21)18-20-9-11-23-18/h9,11-12,15H,1-8,10,13H2. The number of amides is 1. The van der Waals surface area contributed by atoms with Gasteiger partial charge in [0.15, 0.2) is 0 Å². The van der Waals surface area contributed by atoms with Crippen LogP contribution in [0.25, 0.3) is 0 Å². The van der Waals surface area contributed by atoms with Crippen LogP contribution in [0.1, 0.15) is 69.6 Å². The van der Waals surface area contributed by atoms with E-state index in [0.29, 0.717) is 5.92 Å². The maximum Gasteiger partial charge on any atom is 0.263 e. The van der Waals surface area contributed by atoms with Crippen molar-refractivity contribution < 1.29 is 4.79 Å². The molecule has 0 radical (unpaired) electrons. The Labute approximate surface area is 151 Å². The van der Waals surface area contributed by atoms with E-state index in [0.717, 1.165) is 43.6 Å². The summed E-state index contributed by atoms with van der Waals surface area (Å²) in [7, 11) is 0. The lowest BCUT2D eigenvalue weighted by molar-refractivity contribution is 0.0712. The van der Waals surface area contributed by atoms with Crippen LogP contribution in [0, 0.1) is 0 Å². The Morgan fingerprint density at radius 1 is 1.17 bits per heavy atom. The van der Waals surface area contributed by atoms with Gasteiger partial charge in [0, 0.05) is 35.5 Å². The second-order valence-corrected chi connectivity index (χ2v) is 9.00. The molecule has 0 aromatic carbocycles. The topological polar surface area (TPSA) is 33.2 Å². The van der Waals surface area contributed by atoms with Gasteiger partial charge in [-0.3, -0.25) is 4.79 Å². The number of carbonyl (C=O) groups excluding carboxylic acids is 1. The second kappa shape index (κ2) is 7.36. The van der Waals surface area contributed by atoms with Gasteiger partial charge in [-0.15, -0.1) is 22.7 Å². The van der Waals surface area contributed by atoms with Gasteiger partial charge in [-0.1, -0.05) is 12.8 Å². The summed E-state index contributed by atoms with van der Waals surface area (Å²) >= 11 is 3.47. The van der Waals surface area contributed by atoms with Crippen molar-refractivity contribution in [1.82, 2.24) is 9.88 Å². The molecular weight excluding hydrogens is 336 g/mol. The maximum absolute atomic E-state index is 13.0. The predicted octanol–water partition coefficient (Wildman–Crippen LogP) is 4.88. The highest BCUT2D eigenvalue weighted by Crippen LogP contribution is 2.32. The first-order valence-corrected chi connectivity index (χ1v) is 10.8. The monoisotopic (exact) mass is 360 g/mol. The summed E-state index contributed by atoms with van der Waals surface area (Å²) in [6.07, 6.45) is 11.6. The fourth-order valence-corrected chi connectivity index (χ4v) is 5.89. The highest BCUT2D eigenvalue weighted by Gasteiger charge is 2.28. The molecule has 24 heavy (non-hydrogen) atoms. The molecule has 0 N–H and O–H groups in total. The normalized spacial score (nSPS) is 21.8. The number of rotatable bonds is 2. The van der Waals surface area contributed by atoms with Crippen LogP contribution in [0.4, 0.5) is 0 Å². The van der Waals surface area contributed by atoms with E-state index in [1.807, 2.05) is 11.6 Å². The molecule has 1 aliphatic heterocycles. The van der Waals surface area contributed by atoms with Crippen molar-refractivity contribution in [3.8, 4) is 0 Å². The molecule has 2 aliphatic rings. The highest BCUT2D eigenvalue weighted by atomic mass is 32.1. The van der Waals surface area contributed by atoms with Gasteiger partial charge in [-0.05, 0) is 50.2 Å². The first-order chi connectivity index (χ1) is 11.8. The first-order valence-electron chi connectivity index (χ1n) is 9.11. The Morgan fingerprint density at radius 2 is 2.04 bits per heavy atom. The van der Waals surface area contributed by atoms with Crippen molar-refractivity contribution in [2.24, 2.45) is 0 Å². The Kier molecular flexibility index (Phi) is 4.99. The Balaban J connectivity index is 1.50. The van der Waals surface area contributed by atoms with Crippen molar-refractivity contribution in [1.29, 1.82) is 0 Å². The average Bonchev–Trinajstić information content (AvgIpc) is 3.24. The number of thiophene rings is 1. The largest absolute Gasteiger partial charge is 0.337 e. The van der Waals surface area contributed by atoms with E-state index < -0.39 is 0 Å². The molecule has 1 fully saturated rings. The van der Waals surface area contributed by atoms with Crippen LogP contribution in [0.2, 0.25) is 0 Å². The van der Waals surface area contributed by atoms with E-state index in [-0.39, 0.29) is 5.91 Å². The Hall–Kier alpha value is -1.20. The van der Waals surface area contributed by atoms with E-state index in [2.05, 4.69) is 16.0 Å². The number of aromatic nitrogens is 1. The van der Waals surface area contributed by atoms with Crippen molar-refractivity contribution in [3.63, 3.8) is 0 Å². The first kappa shape index (κ1) is 16.3. The summed E-state index contributed by atoms with van der Waals surface area (Å²) in [5.74, 6) is 0.664. The Morgan fingerprint density at radius 3 is 2.88 bits per heavy atom. The zero-order valence-corrected chi connectivity index (χ0v) is 15.6. The highest BCUT2D eigenvalue weighted by molar-refractivity contribution is 7.14. The molecule has 2 aromatic heterocycles. The summed E-state index contributed by atoms with van der Waals surface area (Å²) in [4.78, 5) is 22.0. The molecule has 2 aromatic rings. The Bertz CT molecular complexity index is 667. The molecule has 3 heterocycles. The third-order valence-electron chi connectivity index (χ3n) is 5.22. The zero-order chi connectivity index (χ0) is 16.4. The molecule has 0 saturated carbocycles. The molecule has 1 saturated heterocycles. The summed E-state index contributed by atoms with van der Waals surface area (Å²) in [6.45, 7) is 1.72. The summed E-state index contributed by atoms with van der Waals surface area (Å²) < 4.78 is 0. The molecule has 1 unspecified atom stereocenters. The van der Waals surface area contributed by atoms with E-state index in [1.54, 1.807) is 22.7 Å². The van der Waals surface area contributed by atoms with Crippen molar-refractivity contribution in [2.75, 3.05) is 13.1 Å². The number of aryl methyl sites for hydroxylation is 2. The van der Waals surface area contributed by atoms with E-state index in [9.17, 15) is 4.79 Å². The minimum Gasteiger partial charge on any atom is -0.337 e. The number of fused-ring (bicyclic) bond motifs is 1. The quantitative estimate of drug-likeness (QED) is 0.764. The van der Waals surface area contributed by atoms with Gasteiger partial charge in [0.1, 0.15) is 0 Å². The number of thiazole rings is 1. The number of carbonyl (C=O) groups is 1. The third-order valence-corrected chi connectivity index (χ3v) is 7.38. The predicted molar refractivity (Wildman–Crippen MR) is 100 cm³/mol. The number of hydrogen-bond donors (Lipinski definition) is 0. The molecule has 0 spiro atoms. The SMILES string of the molecule is O=C(c1cc2c(s1)CCCCCC2)N1CCCC(c2nccs2)C1. The number of hydrogen-bond acceptors (Lipinski definition) is 4. The molecule has 1 atom stereocenters. The van der Waals surface area contributed by atoms with Gasteiger partial charge in [-0.2, -0.15) is 0 Å². The van der Waals surface area contributed by atoms with Crippen LogP contribution in [0.3, 0.4) is 0 Å². The van der Waals surface area contributed by atoms with Crippen LogP contribution >= 0.6 is 22.7 Å². The van der Waals surface area contributed by atoms with Crippen LogP contribution in [-0.2, 0) is 12.8 Å². The van der Waals surface area contributed by atoms with Gasteiger partial charge in [0.05, 0.1) is 9.88 Å². The number of likely N-dealkylation sites (tertiary alicyclic amines) is 1. The maximum atomic E-state index is 13.0. The molecule has 4 rings (SSSR count). The van der Waals surface area contributed by atoms with Crippen LogP contribution in [0.5, 0.6) is 0 Å².